The molecule has 3 nitrogen and oxygen atoms in total. The van der Waals surface area contributed by atoms with Crippen LogP contribution in [0.5, 0.6) is 0 Å². The van der Waals surface area contributed by atoms with E-state index < -0.39 is 0 Å². The maximum atomic E-state index is 14.0. The molecule has 1 aromatic carbocycles. The number of hydrogen-bond acceptors (Lipinski definition) is 2. The van der Waals surface area contributed by atoms with E-state index in [4.69, 9.17) is 0 Å². The van der Waals surface area contributed by atoms with Crippen molar-refractivity contribution in [3.8, 4) is 0 Å². The van der Waals surface area contributed by atoms with Crippen molar-refractivity contribution >= 4 is 17.0 Å². The van der Waals surface area contributed by atoms with E-state index in [0.717, 1.165) is 46.6 Å². The Labute approximate surface area is 153 Å². The number of hydrogen-bond donors (Lipinski definition) is 2. The van der Waals surface area contributed by atoms with E-state index in [9.17, 15) is 4.39 Å². The molecule has 0 atom stereocenters. The lowest BCUT2D eigenvalue weighted by molar-refractivity contribution is 0.637. The molecule has 4 heteroatoms. The fraction of sp³-hybridized carbons (Fsp3) is 0.227. The standard InChI is InChI=1S/C22H24FN3/c1-14-9-11-25-18(13-14)7-6-16(3)24-12-10-19-17(4)26-22-20(23)8-5-15(2)21(19)22/h5-9,11,13,24,26H,3,10,12H2,1-2,4H3/b7-6+. The molecule has 0 radical (unpaired) electrons. The van der Waals surface area contributed by atoms with E-state index in [1.165, 1.54) is 11.6 Å². The number of nitrogens with one attached hydrogen (secondary N) is 2. The number of pyridine rings is 1. The zero-order valence-electron chi connectivity index (χ0n) is 15.5. The number of benzene rings is 1. The summed E-state index contributed by atoms with van der Waals surface area (Å²) in [5, 5.41) is 4.31. The molecule has 0 saturated carbocycles. The summed E-state index contributed by atoms with van der Waals surface area (Å²) in [6, 6.07) is 7.34. The summed E-state index contributed by atoms with van der Waals surface area (Å²) in [5.74, 6) is -0.203. The average Bonchev–Trinajstić information content (AvgIpc) is 2.94. The second kappa shape index (κ2) is 7.56. The molecule has 3 rings (SSSR count). The number of rotatable bonds is 6. The van der Waals surface area contributed by atoms with Gasteiger partial charge in [0.25, 0.3) is 0 Å². The van der Waals surface area contributed by atoms with Gasteiger partial charge < -0.3 is 10.3 Å². The molecular formula is C22H24FN3. The van der Waals surface area contributed by atoms with Gasteiger partial charge in [-0.1, -0.05) is 12.6 Å². The molecule has 2 N–H and O–H groups in total. The Morgan fingerprint density at radius 2 is 2.08 bits per heavy atom. The highest BCUT2D eigenvalue weighted by atomic mass is 19.1. The second-order valence-electron chi connectivity index (χ2n) is 6.64. The number of halogens is 1. The number of aromatic amines is 1. The largest absolute Gasteiger partial charge is 0.385 e. The van der Waals surface area contributed by atoms with Crippen molar-refractivity contribution in [3.05, 3.63) is 82.7 Å². The first-order valence-corrected chi connectivity index (χ1v) is 8.75. The maximum absolute atomic E-state index is 14.0. The van der Waals surface area contributed by atoms with Gasteiger partial charge in [-0.05, 0) is 74.2 Å². The lowest BCUT2D eigenvalue weighted by Gasteiger charge is -2.07. The third-order valence-electron chi connectivity index (χ3n) is 4.55. The molecule has 0 spiro atoms. The first-order chi connectivity index (χ1) is 12.5. The van der Waals surface area contributed by atoms with Crippen molar-refractivity contribution in [2.45, 2.75) is 27.2 Å². The number of fused-ring (bicyclic) bond motifs is 1. The Kier molecular flexibility index (Phi) is 5.21. The van der Waals surface area contributed by atoms with Crippen molar-refractivity contribution in [2.75, 3.05) is 6.54 Å². The van der Waals surface area contributed by atoms with Gasteiger partial charge in [-0.25, -0.2) is 4.39 Å². The van der Waals surface area contributed by atoms with Crippen molar-refractivity contribution < 1.29 is 4.39 Å². The highest BCUT2D eigenvalue weighted by Crippen LogP contribution is 2.27. The fourth-order valence-corrected chi connectivity index (χ4v) is 3.20. The Morgan fingerprint density at radius 3 is 2.85 bits per heavy atom. The summed E-state index contributed by atoms with van der Waals surface area (Å²) < 4.78 is 14.0. The summed E-state index contributed by atoms with van der Waals surface area (Å²) in [6.45, 7) is 10.8. The predicted octanol–water partition coefficient (Wildman–Crippen LogP) is 4.99. The molecule has 2 heterocycles. The topological polar surface area (TPSA) is 40.7 Å². The zero-order chi connectivity index (χ0) is 18.7. The minimum atomic E-state index is -0.203. The summed E-state index contributed by atoms with van der Waals surface area (Å²) >= 11 is 0. The number of nitrogens with zero attached hydrogens (tertiary/aromatic N) is 1. The molecule has 0 aliphatic rings. The molecule has 0 fully saturated rings. The van der Waals surface area contributed by atoms with Crippen LogP contribution in [-0.2, 0) is 6.42 Å². The van der Waals surface area contributed by atoms with Gasteiger partial charge in [0.05, 0.1) is 11.2 Å². The van der Waals surface area contributed by atoms with Gasteiger partial charge >= 0.3 is 0 Å². The Hall–Kier alpha value is -2.88. The highest BCUT2D eigenvalue weighted by molar-refractivity contribution is 5.88. The molecule has 0 saturated heterocycles. The molecule has 134 valence electrons. The molecule has 0 bridgehead atoms. The minimum absolute atomic E-state index is 0.203. The lowest BCUT2D eigenvalue weighted by Crippen LogP contribution is -2.15. The van der Waals surface area contributed by atoms with Gasteiger partial charge in [0.15, 0.2) is 0 Å². The van der Waals surface area contributed by atoms with Crippen molar-refractivity contribution in [1.82, 2.24) is 15.3 Å². The zero-order valence-corrected chi connectivity index (χ0v) is 15.5. The van der Waals surface area contributed by atoms with Gasteiger partial charge in [0.1, 0.15) is 5.82 Å². The molecule has 26 heavy (non-hydrogen) atoms. The number of aromatic nitrogens is 2. The van der Waals surface area contributed by atoms with E-state index in [1.54, 1.807) is 6.20 Å². The molecule has 0 amide bonds. The van der Waals surface area contributed by atoms with Crippen molar-refractivity contribution in [3.63, 3.8) is 0 Å². The quantitative estimate of drug-likeness (QED) is 0.616. The van der Waals surface area contributed by atoms with Crippen LogP contribution in [0.4, 0.5) is 4.39 Å². The van der Waals surface area contributed by atoms with E-state index in [-0.39, 0.29) is 5.82 Å². The molecular weight excluding hydrogens is 325 g/mol. The van der Waals surface area contributed by atoms with Gasteiger partial charge in [0.2, 0.25) is 0 Å². The average molecular weight is 349 g/mol. The predicted molar refractivity (Wildman–Crippen MR) is 107 cm³/mol. The SMILES string of the molecule is C=C(/C=C/c1cc(C)ccn1)NCCc1c(C)[nH]c2c(F)ccc(C)c12. The van der Waals surface area contributed by atoms with Crippen LogP contribution in [0.15, 0.2) is 48.8 Å². The Balaban J connectivity index is 1.65. The smallest absolute Gasteiger partial charge is 0.147 e. The van der Waals surface area contributed by atoms with Crippen molar-refractivity contribution in [1.29, 1.82) is 0 Å². The van der Waals surface area contributed by atoms with E-state index in [1.807, 2.05) is 51.1 Å². The highest BCUT2D eigenvalue weighted by Gasteiger charge is 2.13. The molecule has 0 aliphatic carbocycles. The van der Waals surface area contributed by atoms with Crippen LogP contribution in [0.2, 0.25) is 0 Å². The normalized spacial score (nSPS) is 11.4. The van der Waals surface area contributed by atoms with E-state index >= 15 is 0 Å². The van der Waals surface area contributed by atoms with Crippen LogP contribution in [0.3, 0.4) is 0 Å². The lowest BCUT2D eigenvalue weighted by atomic mass is 10.0. The van der Waals surface area contributed by atoms with Gasteiger partial charge in [-0.2, -0.15) is 0 Å². The van der Waals surface area contributed by atoms with Crippen LogP contribution >= 0.6 is 0 Å². The van der Waals surface area contributed by atoms with E-state index in [2.05, 4.69) is 21.9 Å². The molecule has 2 aromatic heterocycles. The third kappa shape index (κ3) is 3.85. The number of aryl methyl sites for hydroxylation is 3. The second-order valence-corrected chi connectivity index (χ2v) is 6.64. The molecule has 0 aliphatic heterocycles. The van der Waals surface area contributed by atoms with Gasteiger partial charge in [-0.3, -0.25) is 4.98 Å². The van der Waals surface area contributed by atoms with Crippen LogP contribution in [0.25, 0.3) is 17.0 Å². The van der Waals surface area contributed by atoms with Gasteiger partial charge in [-0.15, -0.1) is 0 Å². The fourth-order valence-electron chi connectivity index (χ4n) is 3.20. The Morgan fingerprint density at radius 1 is 1.27 bits per heavy atom. The summed E-state index contributed by atoms with van der Waals surface area (Å²) in [4.78, 5) is 7.48. The minimum Gasteiger partial charge on any atom is -0.385 e. The third-order valence-corrected chi connectivity index (χ3v) is 4.55. The number of H-pyrrole nitrogens is 1. The summed E-state index contributed by atoms with van der Waals surface area (Å²) in [7, 11) is 0. The van der Waals surface area contributed by atoms with Crippen LogP contribution in [0, 0.1) is 26.6 Å². The van der Waals surface area contributed by atoms with Crippen LogP contribution < -0.4 is 5.32 Å². The molecule has 0 unspecified atom stereocenters. The molecule has 3 aromatic rings. The first-order valence-electron chi connectivity index (χ1n) is 8.75. The maximum Gasteiger partial charge on any atom is 0.147 e. The van der Waals surface area contributed by atoms with Crippen LogP contribution in [0.1, 0.15) is 28.1 Å². The number of allylic oxidation sites excluding steroid dienone is 1. The van der Waals surface area contributed by atoms with Crippen molar-refractivity contribution in [2.24, 2.45) is 0 Å². The first kappa shape index (κ1) is 17.9. The van der Waals surface area contributed by atoms with Gasteiger partial charge in [0, 0.05) is 29.5 Å². The summed E-state index contributed by atoms with van der Waals surface area (Å²) in [5.41, 5.74) is 6.77. The Bertz CT molecular complexity index is 982. The monoisotopic (exact) mass is 349 g/mol. The summed E-state index contributed by atoms with van der Waals surface area (Å²) in [6.07, 6.45) is 6.46. The van der Waals surface area contributed by atoms with E-state index in [0.29, 0.717) is 5.52 Å². The van der Waals surface area contributed by atoms with Crippen LogP contribution in [-0.4, -0.2) is 16.5 Å².